The molecule has 0 radical (unpaired) electrons. The number of oxazole rings is 1. The predicted octanol–water partition coefficient (Wildman–Crippen LogP) is 3.05. The van der Waals surface area contributed by atoms with Gasteiger partial charge in [0.15, 0.2) is 5.89 Å². The van der Waals surface area contributed by atoms with E-state index in [2.05, 4.69) is 25.9 Å². The van der Waals surface area contributed by atoms with E-state index < -0.39 is 0 Å². The first kappa shape index (κ1) is 16.7. The second kappa shape index (κ2) is 7.66. The Balaban J connectivity index is 1.37. The smallest absolute Gasteiger partial charge is 0.198 e. The summed E-state index contributed by atoms with van der Waals surface area (Å²) in [5.74, 6) is 2.92. The van der Waals surface area contributed by atoms with Crippen molar-refractivity contribution in [1.82, 2.24) is 19.9 Å². The van der Waals surface area contributed by atoms with Crippen LogP contribution >= 0.6 is 0 Å². The fourth-order valence-corrected chi connectivity index (χ4v) is 3.40. The first-order valence-corrected chi connectivity index (χ1v) is 8.85. The molecule has 3 aromatic rings. The third kappa shape index (κ3) is 3.91. The Hall–Kier alpha value is -2.73. The average Bonchev–Trinajstić information content (AvgIpc) is 3.32. The topological polar surface area (TPSA) is 64.3 Å². The van der Waals surface area contributed by atoms with Gasteiger partial charge in [0, 0.05) is 44.0 Å². The standard InChI is InChI=1S/C20H22N4O2/c1-25-18-4-2-3-15(9-18)10-19-12-23-20(26-19)16-5-8-24(13-16)14-17-11-21-6-7-22-17/h2-4,6-7,9,11-12,16H,5,8,10,13-14H2,1H3. The Morgan fingerprint density at radius 3 is 3.04 bits per heavy atom. The van der Waals surface area contributed by atoms with Crippen molar-refractivity contribution in [2.45, 2.75) is 25.3 Å². The molecule has 0 N–H and O–H groups in total. The number of likely N-dealkylation sites (tertiary alicyclic amines) is 1. The van der Waals surface area contributed by atoms with E-state index >= 15 is 0 Å². The Morgan fingerprint density at radius 2 is 2.19 bits per heavy atom. The van der Waals surface area contributed by atoms with E-state index in [4.69, 9.17) is 9.15 Å². The molecule has 4 rings (SSSR count). The maximum Gasteiger partial charge on any atom is 0.198 e. The molecule has 6 heteroatoms. The molecule has 26 heavy (non-hydrogen) atoms. The number of hydrogen-bond donors (Lipinski definition) is 0. The van der Waals surface area contributed by atoms with Gasteiger partial charge in [-0.05, 0) is 30.7 Å². The van der Waals surface area contributed by atoms with Crippen molar-refractivity contribution < 1.29 is 9.15 Å². The lowest BCUT2D eigenvalue weighted by Gasteiger charge is -2.14. The molecule has 6 nitrogen and oxygen atoms in total. The van der Waals surface area contributed by atoms with Crippen molar-refractivity contribution in [2.24, 2.45) is 0 Å². The summed E-state index contributed by atoms with van der Waals surface area (Å²) in [5, 5.41) is 0. The van der Waals surface area contributed by atoms with Gasteiger partial charge in [-0.1, -0.05) is 12.1 Å². The van der Waals surface area contributed by atoms with Crippen LogP contribution in [0.4, 0.5) is 0 Å². The molecular weight excluding hydrogens is 328 g/mol. The number of aromatic nitrogens is 3. The molecule has 1 unspecified atom stereocenters. The third-order valence-corrected chi connectivity index (χ3v) is 4.71. The SMILES string of the molecule is COc1cccc(Cc2cnc(C3CCN(Cc4cnccn4)C3)o2)c1. The fraction of sp³-hybridized carbons (Fsp3) is 0.350. The van der Waals surface area contributed by atoms with Crippen molar-refractivity contribution in [1.29, 1.82) is 0 Å². The fourth-order valence-electron chi connectivity index (χ4n) is 3.40. The molecule has 2 aromatic heterocycles. The van der Waals surface area contributed by atoms with E-state index in [1.54, 1.807) is 19.5 Å². The zero-order chi connectivity index (χ0) is 17.8. The summed E-state index contributed by atoms with van der Waals surface area (Å²) < 4.78 is 11.3. The summed E-state index contributed by atoms with van der Waals surface area (Å²) in [4.78, 5) is 15.4. The van der Waals surface area contributed by atoms with E-state index in [1.165, 1.54) is 0 Å². The predicted molar refractivity (Wildman–Crippen MR) is 97.0 cm³/mol. The zero-order valence-corrected chi connectivity index (χ0v) is 14.8. The molecule has 1 aliphatic heterocycles. The molecule has 0 amide bonds. The minimum atomic E-state index is 0.339. The van der Waals surface area contributed by atoms with Crippen molar-refractivity contribution in [2.75, 3.05) is 20.2 Å². The lowest BCUT2D eigenvalue weighted by Crippen LogP contribution is -2.20. The van der Waals surface area contributed by atoms with Gasteiger partial charge in [-0.2, -0.15) is 0 Å². The molecule has 1 saturated heterocycles. The van der Waals surface area contributed by atoms with Crippen LogP contribution in [-0.4, -0.2) is 40.1 Å². The molecule has 0 saturated carbocycles. The second-order valence-corrected chi connectivity index (χ2v) is 6.61. The summed E-state index contributed by atoms with van der Waals surface area (Å²) in [5.41, 5.74) is 2.15. The number of rotatable bonds is 6. The summed E-state index contributed by atoms with van der Waals surface area (Å²) in [6.07, 6.45) is 8.89. The molecule has 1 aromatic carbocycles. The molecule has 134 valence electrons. The van der Waals surface area contributed by atoms with E-state index in [1.807, 2.05) is 30.6 Å². The van der Waals surface area contributed by atoms with Crippen LogP contribution in [0.25, 0.3) is 0 Å². The highest BCUT2D eigenvalue weighted by molar-refractivity contribution is 5.30. The van der Waals surface area contributed by atoms with Gasteiger partial charge in [0.1, 0.15) is 11.5 Å². The highest BCUT2D eigenvalue weighted by Gasteiger charge is 2.27. The summed E-state index contributed by atoms with van der Waals surface area (Å²) >= 11 is 0. The van der Waals surface area contributed by atoms with Crippen LogP contribution in [0.15, 0.2) is 53.5 Å². The highest BCUT2D eigenvalue weighted by Crippen LogP contribution is 2.28. The van der Waals surface area contributed by atoms with Crippen molar-refractivity contribution in [3.63, 3.8) is 0 Å². The van der Waals surface area contributed by atoms with Crippen LogP contribution in [-0.2, 0) is 13.0 Å². The molecule has 3 heterocycles. The lowest BCUT2D eigenvalue weighted by molar-refractivity contribution is 0.314. The van der Waals surface area contributed by atoms with Gasteiger partial charge >= 0.3 is 0 Å². The number of hydrogen-bond acceptors (Lipinski definition) is 6. The number of ether oxygens (including phenoxy) is 1. The van der Waals surface area contributed by atoms with E-state index in [0.717, 1.165) is 61.1 Å². The van der Waals surface area contributed by atoms with Gasteiger partial charge in [-0.15, -0.1) is 0 Å². The van der Waals surface area contributed by atoms with Gasteiger partial charge in [0.25, 0.3) is 0 Å². The highest BCUT2D eigenvalue weighted by atomic mass is 16.5. The largest absolute Gasteiger partial charge is 0.497 e. The van der Waals surface area contributed by atoms with Gasteiger partial charge < -0.3 is 9.15 Å². The normalized spacial score (nSPS) is 17.5. The van der Waals surface area contributed by atoms with E-state index in [-0.39, 0.29) is 0 Å². The lowest BCUT2D eigenvalue weighted by atomic mass is 10.1. The third-order valence-electron chi connectivity index (χ3n) is 4.71. The number of methoxy groups -OCH3 is 1. The first-order valence-electron chi connectivity index (χ1n) is 8.85. The van der Waals surface area contributed by atoms with Gasteiger partial charge in [-0.25, -0.2) is 4.98 Å². The Kier molecular flexibility index (Phi) is 4.93. The minimum absolute atomic E-state index is 0.339. The summed E-state index contributed by atoms with van der Waals surface area (Å²) in [7, 11) is 1.68. The quantitative estimate of drug-likeness (QED) is 0.681. The van der Waals surface area contributed by atoms with Crippen LogP contribution < -0.4 is 4.74 Å². The average molecular weight is 350 g/mol. The van der Waals surface area contributed by atoms with Crippen LogP contribution in [0.3, 0.4) is 0 Å². The van der Waals surface area contributed by atoms with Crippen LogP contribution in [0.1, 0.15) is 35.2 Å². The Bertz CT molecular complexity index is 850. The molecule has 0 spiro atoms. The zero-order valence-electron chi connectivity index (χ0n) is 14.8. The molecule has 1 fully saturated rings. The molecular formula is C20H22N4O2. The Labute approximate surface area is 152 Å². The second-order valence-electron chi connectivity index (χ2n) is 6.61. The Morgan fingerprint density at radius 1 is 1.23 bits per heavy atom. The molecule has 1 atom stereocenters. The van der Waals surface area contributed by atoms with E-state index in [0.29, 0.717) is 5.92 Å². The van der Waals surface area contributed by atoms with Crippen LogP contribution in [0.2, 0.25) is 0 Å². The molecule has 0 aliphatic carbocycles. The van der Waals surface area contributed by atoms with Gasteiger partial charge in [0.2, 0.25) is 0 Å². The summed E-state index contributed by atoms with van der Waals surface area (Å²) in [6, 6.07) is 8.04. The van der Waals surface area contributed by atoms with Crippen molar-refractivity contribution in [3.8, 4) is 5.75 Å². The van der Waals surface area contributed by atoms with Gasteiger partial charge in [0.05, 0.1) is 19.0 Å². The van der Waals surface area contributed by atoms with Gasteiger partial charge in [-0.3, -0.25) is 14.9 Å². The number of benzene rings is 1. The maximum absolute atomic E-state index is 6.04. The monoisotopic (exact) mass is 350 g/mol. The van der Waals surface area contributed by atoms with Crippen molar-refractivity contribution in [3.05, 3.63) is 72.0 Å². The van der Waals surface area contributed by atoms with Crippen LogP contribution in [0, 0.1) is 0 Å². The molecule has 0 bridgehead atoms. The van der Waals surface area contributed by atoms with E-state index in [9.17, 15) is 0 Å². The maximum atomic E-state index is 6.04. The molecule has 1 aliphatic rings. The minimum Gasteiger partial charge on any atom is -0.497 e. The first-order chi connectivity index (χ1) is 12.8. The number of nitrogens with zero attached hydrogens (tertiary/aromatic N) is 4. The summed E-state index contributed by atoms with van der Waals surface area (Å²) in [6.45, 7) is 2.78. The van der Waals surface area contributed by atoms with Crippen molar-refractivity contribution >= 4 is 0 Å². The van der Waals surface area contributed by atoms with Crippen LogP contribution in [0.5, 0.6) is 5.75 Å².